The fourth-order valence-electron chi connectivity index (χ4n) is 6.17. The summed E-state index contributed by atoms with van der Waals surface area (Å²) in [5, 5.41) is 11.6. The molecule has 1 aliphatic heterocycles. The Morgan fingerprint density at radius 1 is 1.31 bits per heavy atom. The Bertz CT molecular complexity index is 1080. The molecule has 7 nitrogen and oxygen atoms in total. The van der Waals surface area contributed by atoms with Gasteiger partial charge in [-0.15, -0.1) is 0 Å². The fourth-order valence-corrected chi connectivity index (χ4v) is 6.17. The predicted octanol–water partition coefficient (Wildman–Crippen LogP) is 4.14. The maximum Gasteiger partial charge on any atom is 0.345 e. The highest BCUT2D eigenvalue weighted by Crippen LogP contribution is 2.60. The van der Waals surface area contributed by atoms with E-state index in [-0.39, 0.29) is 23.1 Å². The van der Waals surface area contributed by atoms with Gasteiger partial charge in [0.15, 0.2) is 0 Å². The van der Waals surface area contributed by atoms with Gasteiger partial charge in [0.05, 0.1) is 6.10 Å². The van der Waals surface area contributed by atoms with E-state index in [1.54, 1.807) is 30.6 Å². The van der Waals surface area contributed by atoms with Gasteiger partial charge in [0.25, 0.3) is 0 Å². The summed E-state index contributed by atoms with van der Waals surface area (Å²) in [4.78, 5) is 29.1. The van der Waals surface area contributed by atoms with Gasteiger partial charge in [-0.25, -0.2) is 4.79 Å². The van der Waals surface area contributed by atoms with E-state index >= 15 is 0 Å². The highest BCUT2D eigenvalue weighted by Gasteiger charge is 2.64. The standard InChI is InChI=1S/C25H31NO6/c1-13(2)16-10-19(30-14(3)27)25(6)22(24(16,4)5)21(28)20-18(32-25)11-17(31-23(20)29)15-8-7-9-26-12-15/h7-9,11-13,16,19,21-22,28H,10H2,1-6H3/t16?,19-,21-,22+,25+/m0/s1. The molecule has 1 fully saturated rings. The van der Waals surface area contributed by atoms with Crippen LogP contribution in [0.4, 0.5) is 0 Å². The van der Waals surface area contributed by atoms with E-state index in [1.807, 2.05) is 6.92 Å². The van der Waals surface area contributed by atoms with Crippen LogP contribution in [0.25, 0.3) is 11.3 Å². The van der Waals surface area contributed by atoms with Crippen molar-refractivity contribution in [2.45, 2.75) is 65.8 Å². The largest absolute Gasteiger partial charge is 0.482 e. The molecule has 172 valence electrons. The molecule has 0 bridgehead atoms. The first-order valence-electron chi connectivity index (χ1n) is 11.1. The Balaban J connectivity index is 1.89. The van der Waals surface area contributed by atoms with E-state index in [9.17, 15) is 14.7 Å². The Hall–Kier alpha value is -2.67. The quantitative estimate of drug-likeness (QED) is 0.715. The van der Waals surface area contributed by atoms with E-state index in [0.717, 1.165) is 0 Å². The Morgan fingerprint density at radius 2 is 2.03 bits per heavy atom. The first-order valence-corrected chi connectivity index (χ1v) is 11.1. The molecule has 0 aromatic carbocycles. The maximum atomic E-state index is 13.0. The monoisotopic (exact) mass is 441 g/mol. The minimum absolute atomic E-state index is 0.110. The molecular weight excluding hydrogens is 410 g/mol. The summed E-state index contributed by atoms with van der Waals surface area (Å²) in [5.74, 6) is 0.0967. The van der Waals surface area contributed by atoms with Crippen LogP contribution in [0.5, 0.6) is 5.75 Å². The fraction of sp³-hybridized carbons (Fsp3) is 0.560. The minimum atomic E-state index is -1.13. The number of aromatic nitrogens is 1. The molecule has 0 amide bonds. The molecule has 1 saturated carbocycles. The average Bonchev–Trinajstić information content (AvgIpc) is 2.69. The summed E-state index contributed by atoms with van der Waals surface area (Å²) in [7, 11) is 0. The van der Waals surface area contributed by atoms with Crippen molar-refractivity contribution in [1.82, 2.24) is 4.98 Å². The summed E-state index contributed by atoms with van der Waals surface area (Å²) in [5.41, 5.74) is -1.32. The van der Waals surface area contributed by atoms with Crippen molar-refractivity contribution < 1.29 is 23.8 Å². The number of hydrogen-bond acceptors (Lipinski definition) is 7. The van der Waals surface area contributed by atoms with Crippen molar-refractivity contribution in [3.8, 4) is 17.1 Å². The van der Waals surface area contributed by atoms with Gasteiger partial charge in [-0.05, 0) is 42.7 Å². The number of carbonyl (C=O) groups is 1. The third-order valence-electron chi connectivity index (χ3n) is 7.43. The van der Waals surface area contributed by atoms with E-state index in [0.29, 0.717) is 17.7 Å². The molecule has 2 aromatic heterocycles. The SMILES string of the molecule is CC(=O)O[C@H]1CC(C(C)C)C(C)(C)[C@H]2[C@@H](O)c3c(cc(-c4cccnc4)oc3=O)O[C@]12C. The van der Waals surface area contributed by atoms with Crippen molar-refractivity contribution in [2.24, 2.45) is 23.2 Å². The summed E-state index contributed by atoms with van der Waals surface area (Å²) >= 11 is 0. The molecule has 3 heterocycles. The number of ether oxygens (including phenoxy) is 2. The van der Waals surface area contributed by atoms with Gasteiger partial charge in [0.1, 0.15) is 28.8 Å². The Labute approximate surface area is 187 Å². The van der Waals surface area contributed by atoms with Crippen molar-refractivity contribution >= 4 is 5.97 Å². The van der Waals surface area contributed by atoms with Gasteiger partial charge < -0.3 is 19.0 Å². The second kappa shape index (κ2) is 7.73. The molecule has 0 radical (unpaired) electrons. The number of hydrogen-bond donors (Lipinski definition) is 1. The smallest absolute Gasteiger partial charge is 0.345 e. The zero-order valence-electron chi connectivity index (χ0n) is 19.4. The van der Waals surface area contributed by atoms with E-state index in [1.165, 1.54) is 6.92 Å². The van der Waals surface area contributed by atoms with Gasteiger partial charge in [0, 0.05) is 36.9 Å². The Morgan fingerprint density at radius 3 is 2.62 bits per heavy atom. The molecule has 0 saturated heterocycles. The zero-order valence-corrected chi connectivity index (χ0v) is 19.4. The number of carbonyl (C=O) groups excluding carboxylic acids is 1. The van der Waals surface area contributed by atoms with Crippen LogP contribution in [0.3, 0.4) is 0 Å². The molecule has 7 heteroatoms. The third kappa shape index (κ3) is 3.43. The second-order valence-corrected chi connectivity index (χ2v) is 10.1. The number of pyridine rings is 1. The lowest BCUT2D eigenvalue weighted by molar-refractivity contribution is -0.229. The summed E-state index contributed by atoms with van der Waals surface area (Å²) in [6.07, 6.45) is 2.13. The third-order valence-corrected chi connectivity index (χ3v) is 7.43. The van der Waals surface area contributed by atoms with Gasteiger partial charge >= 0.3 is 11.6 Å². The van der Waals surface area contributed by atoms with Crippen molar-refractivity contribution in [2.75, 3.05) is 0 Å². The maximum absolute atomic E-state index is 13.0. The van der Waals surface area contributed by atoms with Crippen molar-refractivity contribution in [3.63, 3.8) is 0 Å². The van der Waals surface area contributed by atoms with Gasteiger partial charge in [-0.1, -0.05) is 27.7 Å². The summed E-state index contributed by atoms with van der Waals surface area (Å²) in [6, 6.07) is 5.14. The average molecular weight is 442 g/mol. The van der Waals surface area contributed by atoms with Gasteiger partial charge in [-0.2, -0.15) is 0 Å². The van der Waals surface area contributed by atoms with Crippen LogP contribution < -0.4 is 10.4 Å². The lowest BCUT2D eigenvalue weighted by Crippen LogP contribution is -2.66. The highest BCUT2D eigenvalue weighted by molar-refractivity contribution is 5.66. The van der Waals surface area contributed by atoms with Crippen LogP contribution in [0.1, 0.15) is 59.6 Å². The molecule has 4 rings (SSSR count). The lowest BCUT2D eigenvalue weighted by Gasteiger charge is -2.60. The van der Waals surface area contributed by atoms with E-state index < -0.39 is 40.7 Å². The predicted molar refractivity (Wildman–Crippen MR) is 118 cm³/mol. The number of esters is 1. The summed E-state index contributed by atoms with van der Waals surface area (Å²) < 4.78 is 17.8. The molecule has 2 aromatic rings. The molecule has 5 atom stereocenters. The van der Waals surface area contributed by atoms with E-state index in [2.05, 4.69) is 32.7 Å². The molecular formula is C25H31NO6. The number of nitrogens with zero attached hydrogens (tertiary/aromatic N) is 1. The normalized spacial score (nSPS) is 30.8. The molecule has 2 aliphatic rings. The molecule has 0 spiro atoms. The molecule has 1 aliphatic carbocycles. The topological polar surface area (TPSA) is 98.9 Å². The highest BCUT2D eigenvalue weighted by atomic mass is 16.6. The van der Waals surface area contributed by atoms with E-state index in [4.69, 9.17) is 13.9 Å². The van der Waals surface area contributed by atoms with Crippen LogP contribution >= 0.6 is 0 Å². The van der Waals surface area contributed by atoms with Crippen LogP contribution in [0.2, 0.25) is 0 Å². The molecule has 32 heavy (non-hydrogen) atoms. The molecule has 1 unspecified atom stereocenters. The van der Waals surface area contributed by atoms with Crippen molar-refractivity contribution in [3.05, 3.63) is 46.6 Å². The molecule has 1 N–H and O–H groups in total. The zero-order chi connectivity index (χ0) is 23.4. The number of aliphatic hydroxyl groups is 1. The number of rotatable bonds is 3. The summed E-state index contributed by atoms with van der Waals surface area (Å²) in [6.45, 7) is 11.7. The number of aliphatic hydroxyl groups excluding tert-OH is 1. The van der Waals surface area contributed by atoms with Crippen molar-refractivity contribution in [1.29, 1.82) is 0 Å². The first-order chi connectivity index (χ1) is 15.0. The van der Waals surface area contributed by atoms with Gasteiger partial charge in [-0.3, -0.25) is 9.78 Å². The second-order valence-electron chi connectivity index (χ2n) is 10.1. The first kappa shape index (κ1) is 22.5. The number of fused-ring (bicyclic) bond motifs is 2. The van der Waals surface area contributed by atoms with Crippen LogP contribution in [-0.4, -0.2) is 27.8 Å². The van der Waals surface area contributed by atoms with Crippen LogP contribution in [0.15, 0.2) is 39.8 Å². The Kier molecular flexibility index (Phi) is 5.44. The lowest BCUT2D eigenvalue weighted by atomic mass is 9.51. The minimum Gasteiger partial charge on any atom is -0.482 e. The van der Waals surface area contributed by atoms with Gasteiger partial charge in [0.2, 0.25) is 0 Å². The van der Waals surface area contributed by atoms with Crippen LogP contribution in [-0.2, 0) is 9.53 Å². The van der Waals surface area contributed by atoms with Crippen LogP contribution in [0, 0.1) is 23.2 Å².